The fourth-order valence-corrected chi connectivity index (χ4v) is 1.44. The topological polar surface area (TPSA) is 33.0 Å². The molecule has 1 aliphatic carbocycles. The Bertz CT molecular complexity index is 458. The third-order valence-electron chi connectivity index (χ3n) is 2.60. The number of rotatable bonds is 3. The van der Waals surface area contributed by atoms with Crippen LogP contribution in [0.3, 0.4) is 0 Å². The smallest absolute Gasteiger partial charge is 0.417 e. The molecule has 5 heteroatoms. The lowest BCUT2D eigenvalue weighted by Crippen LogP contribution is -2.09. The van der Waals surface area contributed by atoms with Gasteiger partial charge < -0.3 is 4.74 Å². The lowest BCUT2D eigenvalue weighted by molar-refractivity contribution is -0.137. The van der Waals surface area contributed by atoms with E-state index < -0.39 is 11.7 Å². The highest BCUT2D eigenvalue weighted by molar-refractivity contribution is 5.44. The number of halogens is 3. The molecule has 0 atom stereocenters. The van der Waals surface area contributed by atoms with Crippen LogP contribution in [-0.2, 0) is 6.18 Å². The summed E-state index contributed by atoms with van der Waals surface area (Å²) in [5.41, 5.74) is -1.32. The molecule has 17 heavy (non-hydrogen) atoms. The number of hydrogen-bond donors (Lipinski definition) is 0. The predicted octanol–water partition coefficient (Wildman–Crippen LogP) is 3.37. The Hall–Kier alpha value is -1.70. The van der Waals surface area contributed by atoms with E-state index in [0.717, 1.165) is 25.0 Å². The van der Waals surface area contributed by atoms with Crippen molar-refractivity contribution in [3.8, 4) is 11.8 Å². The van der Waals surface area contributed by atoms with Crippen LogP contribution in [0.2, 0.25) is 0 Å². The van der Waals surface area contributed by atoms with E-state index in [1.54, 1.807) is 0 Å². The van der Waals surface area contributed by atoms with Crippen molar-refractivity contribution in [1.82, 2.24) is 0 Å². The predicted molar refractivity (Wildman–Crippen MR) is 54.4 cm³/mol. The van der Waals surface area contributed by atoms with Crippen LogP contribution in [-0.4, -0.2) is 6.61 Å². The highest BCUT2D eigenvalue weighted by atomic mass is 19.4. The van der Waals surface area contributed by atoms with Crippen molar-refractivity contribution in [1.29, 1.82) is 5.26 Å². The van der Waals surface area contributed by atoms with Gasteiger partial charge in [0.15, 0.2) is 0 Å². The van der Waals surface area contributed by atoms with Gasteiger partial charge in [0, 0.05) is 0 Å². The molecule has 1 saturated carbocycles. The van der Waals surface area contributed by atoms with Crippen LogP contribution in [0.25, 0.3) is 0 Å². The van der Waals surface area contributed by atoms with E-state index in [-0.39, 0.29) is 11.3 Å². The molecule has 0 unspecified atom stereocenters. The maximum atomic E-state index is 12.6. The van der Waals surface area contributed by atoms with E-state index in [0.29, 0.717) is 12.5 Å². The standard InChI is InChI=1S/C12H10F3NO/c13-12(14,15)11-5-10(4-3-9(11)6-16)17-7-8-1-2-8/h3-5,8H,1-2,7H2. The lowest BCUT2D eigenvalue weighted by atomic mass is 10.1. The van der Waals surface area contributed by atoms with Gasteiger partial charge in [0.1, 0.15) is 5.75 Å². The normalized spacial score (nSPS) is 15.4. The van der Waals surface area contributed by atoms with E-state index in [9.17, 15) is 13.2 Å². The largest absolute Gasteiger partial charge is 0.493 e. The van der Waals surface area contributed by atoms with Crippen molar-refractivity contribution in [2.45, 2.75) is 19.0 Å². The zero-order valence-electron chi connectivity index (χ0n) is 8.92. The van der Waals surface area contributed by atoms with Gasteiger partial charge in [0.2, 0.25) is 0 Å². The van der Waals surface area contributed by atoms with Crippen LogP contribution in [0.4, 0.5) is 13.2 Å². The molecule has 0 spiro atoms. The van der Waals surface area contributed by atoms with Crippen LogP contribution in [0.1, 0.15) is 24.0 Å². The summed E-state index contributed by atoms with van der Waals surface area (Å²) >= 11 is 0. The van der Waals surface area contributed by atoms with Crippen molar-refractivity contribution in [2.24, 2.45) is 5.92 Å². The van der Waals surface area contributed by atoms with E-state index in [4.69, 9.17) is 10.00 Å². The number of benzene rings is 1. The Morgan fingerprint density at radius 1 is 1.35 bits per heavy atom. The summed E-state index contributed by atoms with van der Waals surface area (Å²) in [6.07, 6.45) is -2.38. The molecule has 0 bridgehead atoms. The number of nitrogens with zero attached hydrogens (tertiary/aromatic N) is 1. The molecule has 1 aliphatic rings. The Morgan fingerprint density at radius 2 is 2.06 bits per heavy atom. The maximum Gasteiger partial charge on any atom is 0.417 e. The van der Waals surface area contributed by atoms with Gasteiger partial charge in [-0.1, -0.05) is 0 Å². The monoisotopic (exact) mass is 241 g/mol. The second-order valence-corrected chi connectivity index (χ2v) is 4.07. The summed E-state index contributed by atoms with van der Waals surface area (Å²) in [6, 6.07) is 4.96. The van der Waals surface area contributed by atoms with Crippen LogP contribution in [0.15, 0.2) is 18.2 Å². The first-order chi connectivity index (χ1) is 8.00. The Balaban J connectivity index is 2.21. The summed E-state index contributed by atoms with van der Waals surface area (Å²) in [4.78, 5) is 0. The van der Waals surface area contributed by atoms with Gasteiger partial charge >= 0.3 is 6.18 Å². The average Bonchev–Trinajstić information content (AvgIpc) is 3.08. The number of ether oxygens (including phenoxy) is 1. The molecule has 1 aromatic carbocycles. The van der Waals surface area contributed by atoms with Gasteiger partial charge in [-0.05, 0) is 37.0 Å². The van der Waals surface area contributed by atoms with Gasteiger partial charge in [-0.15, -0.1) is 0 Å². The highest BCUT2D eigenvalue weighted by Gasteiger charge is 2.34. The second-order valence-electron chi connectivity index (χ2n) is 4.07. The molecule has 0 heterocycles. The fourth-order valence-electron chi connectivity index (χ4n) is 1.44. The average molecular weight is 241 g/mol. The van der Waals surface area contributed by atoms with E-state index in [1.807, 2.05) is 0 Å². The molecule has 0 N–H and O–H groups in total. The molecule has 1 fully saturated rings. The first-order valence-electron chi connectivity index (χ1n) is 5.25. The third-order valence-corrected chi connectivity index (χ3v) is 2.60. The van der Waals surface area contributed by atoms with Crippen molar-refractivity contribution in [3.05, 3.63) is 29.3 Å². The van der Waals surface area contributed by atoms with Crippen molar-refractivity contribution < 1.29 is 17.9 Å². The van der Waals surface area contributed by atoms with Crippen molar-refractivity contribution >= 4 is 0 Å². The SMILES string of the molecule is N#Cc1ccc(OCC2CC2)cc1C(F)(F)F. The van der Waals surface area contributed by atoms with E-state index in [1.165, 1.54) is 12.1 Å². The summed E-state index contributed by atoms with van der Waals surface area (Å²) in [6.45, 7) is 0.448. The maximum absolute atomic E-state index is 12.6. The molecule has 0 aromatic heterocycles. The number of hydrogen-bond acceptors (Lipinski definition) is 2. The van der Waals surface area contributed by atoms with Crippen molar-refractivity contribution in [2.75, 3.05) is 6.61 Å². The molecule has 1 aromatic rings. The van der Waals surface area contributed by atoms with E-state index in [2.05, 4.69) is 0 Å². The summed E-state index contributed by atoms with van der Waals surface area (Å²) < 4.78 is 43.1. The molecular formula is C12H10F3NO. The number of nitriles is 1. The first-order valence-corrected chi connectivity index (χ1v) is 5.25. The lowest BCUT2D eigenvalue weighted by Gasteiger charge is -2.11. The van der Waals surface area contributed by atoms with Gasteiger partial charge in [0.25, 0.3) is 0 Å². The molecule has 0 saturated heterocycles. The molecular weight excluding hydrogens is 231 g/mol. The highest BCUT2D eigenvalue weighted by Crippen LogP contribution is 2.35. The van der Waals surface area contributed by atoms with Gasteiger partial charge in [0.05, 0.1) is 23.8 Å². The summed E-state index contributed by atoms with van der Waals surface area (Å²) in [5.74, 6) is 0.642. The third kappa shape index (κ3) is 2.90. The Kier molecular flexibility index (Phi) is 2.97. The Morgan fingerprint density at radius 3 is 2.59 bits per heavy atom. The van der Waals surface area contributed by atoms with Crippen molar-refractivity contribution in [3.63, 3.8) is 0 Å². The summed E-state index contributed by atoms with van der Waals surface area (Å²) in [7, 11) is 0. The minimum Gasteiger partial charge on any atom is -0.493 e. The fraction of sp³-hybridized carbons (Fsp3) is 0.417. The Labute approximate surface area is 96.6 Å². The minimum atomic E-state index is -4.52. The minimum absolute atomic E-state index is 0.170. The zero-order chi connectivity index (χ0) is 12.5. The first kappa shape index (κ1) is 11.8. The molecule has 0 aliphatic heterocycles. The van der Waals surface area contributed by atoms with Crippen LogP contribution in [0, 0.1) is 17.2 Å². The van der Waals surface area contributed by atoms with Crippen LogP contribution >= 0.6 is 0 Å². The molecule has 0 amide bonds. The molecule has 0 radical (unpaired) electrons. The van der Waals surface area contributed by atoms with Gasteiger partial charge in [-0.2, -0.15) is 18.4 Å². The van der Waals surface area contributed by atoms with E-state index >= 15 is 0 Å². The molecule has 90 valence electrons. The van der Waals surface area contributed by atoms with Crippen LogP contribution in [0.5, 0.6) is 5.75 Å². The van der Waals surface area contributed by atoms with Gasteiger partial charge in [-0.3, -0.25) is 0 Å². The van der Waals surface area contributed by atoms with Gasteiger partial charge in [-0.25, -0.2) is 0 Å². The second kappa shape index (κ2) is 4.28. The number of alkyl halides is 3. The zero-order valence-corrected chi connectivity index (χ0v) is 8.92. The summed E-state index contributed by atoms with van der Waals surface area (Å²) in [5, 5.41) is 8.61. The molecule has 2 rings (SSSR count). The van der Waals surface area contributed by atoms with Crippen LogP contribution < -0.4 is 4.74 Å². The molecule has 2 nitrogen and oxygen atoms in total. The quantitative estimate of drug-likeness (QED) is 0.812.